The van der Waals surface area contributed by atoms with Gasteiger partial charge in [0.2, 0.25) is 0 Å². The Bertz CT molecular complexity index is 255. The molecule has 0 N–H and O–H groups in total. The van der Waals surface area contributed by atoms with Crippen molar-refractivity contribution in [2.45, 2.75) is 14.8 Å². The molecule has 0 bridgehead atoms. The van der Waals surface area contributed by atoms with Gasteiger partial charge in [0, 0.05) is 0 Å². The molecule has 0 aromatic carbocycles. The minimum atomic E-state index is -2.04. The minimum absolute atomic E-state index is 0.353. The Balaban J connectivity index is 3.06. The third-order valence-electron chi connectivity index (χ3n) is 1.59. The van der Waals surface area contributed by atoms with E-state index in [9.17, 15) is 4.39 Å². The normalized spacial score (nSPS) is 11.6. The molecule has 0 aliphatic carbocycles. The fourth-order valence-electron chi connectivity index (χ4n) is 0.869. The van der Waals surface area contributed by atoms with E-state index in [2.05, 4.69) is 19.8 Å². The average molecular weight is 260 g/mol. The van der Waals surface area contributed by atoms with Crippen LogP contribution in [-0.2, 0) is 0 Å². The van der Waals surface area contributed by atoms with Gasteiger partial charge in [-0.15, -0.1) is 0 Å². The molecule has 0 amide bonds. The SMILES string of the molecule is [CH3][Sn]([CH3])([CH3])[c]1ccnc(F)c1. The zero-order valence-corrected chi connectivity index (χ0v) is 9.91. The van der Waals surface area contributed by atoms with Gasteiger partial charge in [-0.2, -0.15) is 0 Å². The van der Waals surface area contributed by atoms with Crippen LogP contribution in [0.2, 0.25) is 14.8 Å². The van der Waals surface area contributed by atoms with Crippen molar-refractivity contribution in [2.24, 2.45) is 0 Å². The summed E-state index contributed by atoms with van der Waals surface area (Å²) in [6.07, 6.45) is 1.55. The summed E-state index contributed by atoms with van der Waals surface area (Å²) >= 11 is -2.04. The number of aromatic nitrogens is 1. The van der Waals surface area contributed by atoms with Crippen molar-refractivity contribution in [1.82, 2.24) is 4.98 Å². The molecule has 60 valence electrons. The second-order valence-electron chi connectivity index (χ2n) is 3.62. The monoisotopic (exact) mass is 261 g/mol. The standard InChI is InChI=1S/C5H3FN.3CH3.Sn/c6-5-3-1-2-4-7-5;;;;/h2-4H;3*1H3;. The molecular formula is C8H12FNSn. The van der Waals surface area contributed by atoms with Crippen molar-refractivity contribution in [2.75, 3.05) is 0 Å². The van der Waals surface area contributed by atoms with E-state index in [0.717, 1.165) is 0 Å². The molecule has 0 aliphatic rings. The molecule has 0 saturated carbocycles. The van der Waals surface area contributed by atoms with Gasteiger partial charge in [-0.1, -0.05) is 0 Å². The molecule has 0 unspecified atom stereocenters. The Kier molecular flexibility index (Phi) is 2.52. The molecule has 3 heteroatoms. The van der Waals surface area contributed by atoms with Gasteiger partial charge < -0.3 is 0 Å². The third-order valence-corrected chi connectivity index (χ3v) is 7.42. The zero-order valence-electron chi connectivity index (χ0n) is 7.06. The van der Waals surface area contributed by atoms with Crippen LogP contribution in [0.1, 0.15) is 0 Å². The first-order valence-electron chi connectivity index (χ1n) is 3.62. The van der Waals surface area contributed by atoms with E-state index >= 15 is 0 Å². The molecule has 11 heavy (non-hydrogen) atoms. The molecule has 0 aliphatic heterocycles. The summed E-state index contributed by atoms with van der Waals surface area (Å²) in [4.78, 5) is 10.3. The number of pyridine rings is 1. The average Bonchev–Trinajstić information content (AvgIpc) is 1.86. The van der Waals surface area contributed by atoms with Crippen molar-refractivity contribution in [3.8, 4) is 0 Å². The third kappa shape index (κ3) is 2.43. The first-order chi connectivity index (χ1) is 5.00. The molecule has 0 fully saturated rings. The summed E-state index contributed by atoms with van der Waals surface area (Å²) in [6, 6.07) is 3.50. The van der Waals surface area contributed by atoms with E-state index in [1.54, 1.807) is 12.3 Å². The molecule has 1 aromatic heterocycles. The topological polar surface area (TPSA) is 12.9 Å². The van der Waals surface area contributed by atoms with E-state index in [4.69, 9.17) is 0 Å². The first kappa shape index (κ1) is 8.97. The fourth-order valence-corrected chi connectivity index (χ4v) is 4.08. The van der Waals surface area contributed by atoms with Crippen LogP contribution in [0.4, 0.5) is 4.39 Å². The number of halogens is 1. The summed E-state index contributed by atoms with van der Waals surface area (Å²) in [6.45, 7) is 0. The van der Waals surface area contributed by atoms with E-state index in [0.29, 0.717) is 0 Å². The Hall–Kier alpha value is -0.121. The molecule has 1 aromatic rings. The van der Waals surface area contributed by atoms with Gasteiger partial charge in [-0.05, 0) is 0 Å². The maximum atomic E-state index is 12.6. The number of hydrogen-bond acceptors (Lipinski definition) is 1. The molecule has 1 heterocycles. The van der Waals surface area contributed by atoms with Crippen molar-refractivity contribution in [3.63, 3.8) is 0 Å². The second-order valence-corrected chi connectivity index (χ2v) is 18.1. The number of hydrogen-bond donors (Lipinski definition) is 0. The van der Waals surface area contributed by atoms with Gasteiger partial charge in [0.05, 0.1) is 0 Å². The van der Waals surface area contributed by atoms with Gasteiger partial charge in [0.15, 0.2) is 0 Å². The van der Waals surface area contributed by atoms with Gasteiger partial charge in [0.1, 0.15) is 0 Å². The number of nitrogens with zero attached hydrogens (tertiary/aromatic N) is 1. The van der Waals surface area contributed by atoms with Crippen LogP contribution in [0.15, 0.2) is 18.3 Å². The second kappa shape index (κ2) is 3.09. The van der Waals surface area contributed by atoms with Crippen molar-refractivity contribution in [3.05, 3.63) is 24.3 Å². The fraction of sp³-hybridized carbons (Fsp3) is 0.375. The van der Waals surface area contributed by atoms with E-state index in [-0.39, 0.29) is 5.95 Å². The van der Waals surface area contributed by atoms with E-state index in [1.165, 1.54) is 3.58 Å². The first-order valence-corrected chi connectivity index (χ1v) is 13.6. The molecule has 0 saturated heterocycles. The Morgan fingerprint density at radius 3 is 2.36 bits per heavy atom. The molecule has 0 atom stereocenters. The number of rotatable bonds is 1. The zero-order chi connectivity index (χ0) is 8.48. The summed E-state index contributed by atoms with van der Waals surface area (Å²) in [5.41, 5.74) is 0. The summed E-state index contributed by atoms with van der Waals surface area (Å²) in [5, 5.41) is 0. The van der Waals surface area contributed by atoms with Crippen LogP contribution in [-0.4, -0.2) is 23.4 Å². The molecule has 1 rings (SSSR count). The van der Waals surface area contributed by atoms with Crippen LogP contribution in [0.25, 0.3) is 0 Å². The molecule has 0 radical (unpaired) electrons. The molecule has 0 spiro atoms. The summed E-state index contributed by atoms with van der Waals surface area (Å²) in [5.74, 6) is -0.353. The Morgan fingerprint density at radius 1 is 1.36 bits per heavy atom. The van der Waals surface area contributed by atoms with Gasteiger partial charge in [-0.25, -0.2) is 0 Å². The predicted octanol–water partition coefficient (Wildman–Crippen LogP) is 1.77. The van der Waals surface area contributed by atoms with Gasteiger partial charge in [0.25, 0.3) is 0 Å². The van der Waals surface area contributed by atoms with Crippen molar-refractivity contribution < 1.29 is 4.39 Å². The van der Waals surface area contributed by atoms with E-state index < -0.39 is 18.4 Å². The maximum absolute atomic E-state index is 12.6. The van der Waals surface area contributed by atoms with Gasteiger partial charge >= 0.3 is 70.4 Å². The Morgan fingerprint density at radius 2 is 2.00 bits per heavy atom. The summed E-state index contributed by atoms with van der Waals surface area (Å²) < 4.78 is 13.8. The van der Waals surface area contributed by atoms with Crippen LogP contribution < -0.4 is 3.58 Å². The van der Waals surface area contributed by atoms with Crippen molar-refractivity contribution in [1.29, 1.82) is 0 Å². The van der Waals surface area contributed by atoms with Crippen LogP contribution in [0, 0.1) is 5.95 Å². The Labute approximate surface area is 70.5 Å². The van der Waals surface area contributed by atoms with Crippen LogP contribution in [0.5, 0.6) is 0 Å². The van der Waals surface area contributed by atoms with E-state index in [1.807, 2.05) is 6.07 Å². The summed E-state index contributed by atoms with van der Waals surface area (Å²) in [7, 11) is 0. The van der Waals surface area contributed by atoms with Gasteiger partial charge in [-0.3, -0.25) is 0 Å². The molecular weight excluding hydrogens is 248 g/mol. The van der Waals surface area contributed by atoms with Crippen LogP contribution in [0.3, 0.4) is 0 Å². The van der Waals surface area contributed by atoms with Crippen LogP contribution >= 0.6 is 0 Å². The van der Waals surface area contributed by atoms with Crippen molar-refractivity contribution >= 4 is 22.0 Å². The molecule has 1 nitrogen and oxygen atoms in total. The quantitative estimate of drug-likeness (QED) is 0.553. The predicted molar refractivity (Wildman–Crippen MR) is 47.2 cm³/mol.